The lowest BCUT2D eigenvalue weighted by Crippen LogP contribution is -2.14. The molecule has 0 radical (unpaired) electrons. The Hall–Kier alpha value is -1.52. The Balaban J connectivity index is 3.22. The van der Waals surface area contributed by atoms with Gasteiger partial charge in [-0.2, -0.15) is 0 Å². The maximum atomic E-state index is 6.14. The molecular formula is C14H22N2O2. The molecule has 0 saturated carbocycles. The summed E-state index contributed by atoms with van der Waals surface area (Å²) < 4.78 is 10.6. The van der Waals surface area contributed by atoms with Gasteiger partial charge in [-0.15, -0.1) is 6.58 Å². The summed E-state index contributed by atoms with van der Waals surface area (Å²) in [6.07, 6.45) is 3.29. The second-order valence-electron chi connectivity index (χ2n) is 4.08. The molecule has 0 heterocycles. The van der Waals surface area contributed by atoms with E-state index in [4.69, 9.17) is 20.9 Å². The van der Waals surface area contributed by atoms with E-state index in [-0.39, 0.29) is 6.04 Å². The van der Waals surface area contributed by atoms with Gasteiger partial charge in [-0.3, -0.25) is 0 Å². The van der Waals surface area contributed by atoms with Gasteiger partial charge in [0.1, 0.15) is 0 Å². The first-order valence-corrected chi connectivity index (χ1v) is 5.99. The van der Waals surface area contributed by atoms with Crippen molar-refractivity contribution in [2.24, 2.45) is 11.5 Å². The molecule has 0 saturated heterocycles. The molecule has 1 rings (SSSR count). The van der Waals surface area contributed by atoms with Crippen LogP contribution in [-0.4, -0.2) is 20.8 Å². The van der Waals surface area contributed by atoms with Crippen molar-refractivity contribution in [3.63, 3.8) is 0 Å². The van der Waals surface area contributed by atoms with Crippen LogP contribution in [-0.2, 0) is 6.42 Å². The molecule has 1 aromatic rings. The van der Waals surface area contributed by atoms with E-state index in [1.165, 1.54) is 0 Å². The Labute approximate surface area is 109 Å². The SMILES string of the molecule is C=CC[C@@H](N)c1cc(OC)c(OC)cc1CCN. The fourth-order valence-electron chi connectivity index (χ4n) is 1.96. The van der Waals surface area contributed by atoms with Crippen LogP contribution in [0, 0.1) is 0 Å². The zero-order chi connectivity index (χ0) is 13.5. The van der Waals surface area contributed by atoms with E-state index < -0.39 is 0 Å². The van der Waals surface area contributed by atoms with Crippen molar-refractivity contribution in [1.82, 2.24) is 0 Å². The van der Waals surface area contributed by atoms with Gasteiger partial charge in [0.05, 0.1) is 14.2 Å². The lowest BCUT2D eigenvalue weighted by atomic mass is 9.95. The number of rotatable bonds is 7. The van der Waals surface area contributed by atoms with Gasteiger partial charge in [0, 0.05) is 6.04 Å². The lowest BCUT2D eigenvalue weighted by Gasteiger charge is -2.18. The van der Waals surface area contributed by atoms with Crippen molar-refractivity contribution in [3.05, 3.63) is 35.9 Å². The average molecular weight is 250 g/mol. The van der Waals surface area contributed by atoms with Gasteiger partial charge >= 0.3 is 0 Å². The van der Waals surface area contributed by atoms with Crippen molar-refractivity contribution in [1.29, 1.82) is 0 Å². The fourth-order valence-corrected chi connectivity index (χ4v) is 1.96. The van der Waals surface area contributed by atoms with Crippen LogP contribution in [0.4, 0.5) is 0 Å². The van der Waals surface area contributed by atoms with Crippen molar-refractivity contribution in [2.45, 2.75) is 18.9 Å². The van der Waals surface area contributed by atoms with Crippen LogP contribution in [0.2, 0.25) is 0 Å². The van der Waals surface area contributed by atoms with Crippen LogP contribution in [0.5, 0.6) is 11.5 Å². The van der Waals surface area contributed by atoms with Crippen LogP contribution in [0.25, 0.3) is 0 Å². The van der Waals surface area contributed by atoms with E-state index in [1.807, 2.05) is 18.2 Å². The van der Waals surface area contributed by atoms with Crippen molar-refractivity contribution < 1.29 is 9.47 Å². The second kappa shape index (κ2) is 7.03. The van der Waals surface area contributed by atoms with E-state index in [0.29, 0.717) is 24.5 Å². The van der Waals surface area contributed by atoms with Crippen LogP contribution < -0.4 is 20.9 Å². The number of benzene rings is 1. The van der Waals surface area contributed by atoms with E-state index in [2.05, 4.69) is 6.58 Å². The third-order valence-corrected chi connectivity index (χ3v) is 2.88. The molecule has 0 aliphatic heterocycles. The zero-order valence-corrected chi connectivity index (χ0v) is 11.1. The monoisotopic (exact) mass is 250 g/mol. The molecule has 0 aliphatic rings. The molecule has 0 spiro atoms. The summed E-state index contributed by atoms with van der Waals surface area (Å²) in [7, 11) is 3.23. The van der Waals surface area contributed by atoms with Crippen LogP contribution >= 0.6 is 0 Å². The summed E-state index contributed by atoms with van der Waals surface area (Å²) in [4.78, 5) is 0. The van der Waals surface area contributed by atoms with Crippen molar-refractivity contribution >= 4 is 0 Å². The van der Waals surface area contributed by atoms with Crippen LogP contribution in [0.1, 0.15) is 23.6 Å². The van der Waals surface area contributed by atoms with E-state index in [0.717, 1.165) is 17.5 Å². The molecule has 0 fully saturated rings. The molecule has 0 aliphatic carbocycles. The third kappa shape index (κ3) is 3.24. The molecule has 1 atom stereocenters. The highest BCUT2D eigenvalue weighted by molar-refractivity contribution is 5.48. The minimum atomic E-state index is -0.0937. The Bertz CT molecular complexity index is 405. The first-order valence-electron chi connectivity index (χ1n) is 5.99. The molecule has 4 nitrogen and oxygen atoms in total. The maximum Gasteiger partial charge on any atom is 0.161 e. The Kier molecular flexibility index (Phi) is 5.68. The van der Waals surface area contributed by atoms with Gasteiger partial charge in [0.25, 0.3) is 0 Å². The topological polar surface area (TPSA) is 70.5 Å². The van der Waals surface area contributed by atoms with Gasteiger partial charge < -0.3 is 20.9 Å². The minimum absolute atomic E-state index is 0.0937. The summed E-state index contributed by atoms with van der Waals surface area (Å²) in [5.41, 5.74) is 13.9. The van der Waals surface area contributed by atoms with Crippen LogP contribution in [0.15, 0.2) is 24.8 Å². The van der Waals surface area contributed by atoms with Gasteiger partial charge in [-0.25, -0.2) is 0 Å². The summed E-state index contributed by atoms with van der Waals surface area (Å²) in [6, 6.07) is 3.78. The Morgan fingerprint density at radius 2 is 1.89 bits per heavy atom. The van der Waals surface area contributed by atoms with E-state index in [1.54, 1.807) is 14.2 Å². The predicted octanol–water partition coefficient (Wildman–Crippen LogP) is 1.78. The smallest absolute Gasteiger partial charge is 0.161 e. The molecule has 18 heavy (non-hydrogen) atoms. The number of ether oxygens (including phenoxy) is 2. The third-order valence-electron chi connectivity index (χ3n) is 2.88. The minimum Gasteiger partial charge on any atom is -0.493 e. The normalized spacial score (nSPS) is 12.0. The standard InChI is InChI=1S/C14H22N2O2/c1-4-5-12(16)11-9-14(18-3)13(17-2)8-10(11)6-7-15/h4,8-9,12H,1,5-7,15-16H2,2-3H3/t12-/m1/s1. The molecule has 1 aromatic carbocycles. The molecule has 0 amide bonds. The summed E-state index contributed by atoms with van der Waals surface area (Å²) in [5, 5.41) is 0. The fraction of sp³-hybridized carbons (Fsp3) is 0.429. The van der Waals surface area contributed by atoms with Gasteiger partial charge in [-0.1, -0.05) is 6.08 Å². The number of hydrogen-bond acceptors (Lipinski definition) is 4. The highest BCUT2D eigenvalue weighted by Gasteiger charge is 2.15. The molecule has 4 N–H and O–H groups in total. The summed E-state index contributed by atoms with van der Waals surface area (Å²) in [6.45, 7) is 4.29. The number of nitrogens with two attached hydrogens (primary N) is 2. The van der Waals surface area contributed by atoms with Crippen LogP contribution in [0.3, 0.4) is 0 Å². The number of hydrogen-bond donors (Lipinski definition) is 2. The molecule has 0 bridgehead atoms. The highest BCUT2D eigenvalue weighted by Crippen LogP contribution is 2.33. The number of methoxy groups -OCH3 is 2. The maximum absolute atomic E-state index is 6.14. The van der Waals surface area contributed by atoms with Gasteiger partial charge in [0.15, 0.2) is 11.5 Å². The molecule has 0 unspecified atom stereocenters. The van der Waals surface area contributed by atoms with Crippen molar-refractivity contribution in [3.8, 4) is 11.5 Å². The Morgan fingerprint density at radius 1 is 1.28 bits per heavy atom. The lowest BCUT2D eigenvalue weighted by molar-refractivity contribution is 0.353. The zero-order valence-electron chi connectivity index (χ0n) is 11.1. The molecular weight excluding hydrogens is 228 g/mol. The molecule has 0 aromatic heterocycles. The quantitative estimate of drug-likeness (QED) is 0.724. The van der Waals surface area contributed by atoms with Gasteiger partial charge in [-0.05, 0) is 42.6 Å². The first-order chi connectivity index (χ1) is 8.67. The highest BCUT2D eigenvalue weighted by atomic mass is 16.5. The summed E-state index contributed by atoms with van der Waals surface area (Å²) in [5.74, 6) is 1.39. The van der Waals surface area contributed by atoms with E-state index >= 15 is 0 Å². The summed E-state index contributed by atoms with van der Waals surface area (Å²) >= 11 is 0. The second-order valence-corrected chi connectivity index (χ2v) is 4.08. The largest absolute Gasteiger partial charge is 0.493 e. The first kappa shape index (κ1) is 14.5. The predicted molar refractivity (Wildman–Crippen MR) is 74.0 cm³/mol. The van der Waals surface area contributed by atoms with Crippen molar-refractivity contribution in [2.75, 3.05) is 20.8 Å². The molecule has 4 heteroatoms. The van der Waals surface area contributed by atoms with Gasteiger partial charge in [0.2, 0.25) is 0 Å². The molecule has 100 valence electrons. The average Bonchev–Trinajstić information content (AvgIpc) is 2.38. The Morgan fingerprint density at radius 3 is 2.39 bits per heavy atom. The van der Waals surface area contributed by atoms with E-state index in [9.17, 15) is 0 Å².